The first kappa shape index (κ1) is 25.4. The molecular weight excluding hydrogens is 366 g/mol. The summed E-state index contributed by atoms with van der Waals surface area (Å²) in [4.78, 5) is 11.6. The highest BCUT2D eigenvalue weighted by molar-refractivity contribution is 5.71. The van der Waals surface area contributed by atoms with Gasteiger partial charge in [-0.05, 0) is 43.9 Å². The highest BCUT2D eigenvalue weighted by Gasteiger charge is 2.18. The lowest BCUT2D eigenvalue weighted by molar-refractivity contribution is -0.132. The molecule has 0 radical (unpaired) electrons. The molecular formula is C24H41NO4. The van der Waals surface area contributed by atoms with Gasteiger partial charge in [0.25, 0.3) is 0 Å². The molecule has 1 atom stereocenters. The molecule has 1 aromatic carbocycles. The number of esters is 1. The van der Waals surface area contributed by atoms with Crippen molar-refractivity contribution in [3.8, 4) is 11.5 Å². The van der Waals surface area contributed by atoms with E-state index in [4.69, 9.17) is 9.47 Å². The SMILES string of the molecule is CCCCCCCCc1c(C)c(OC[C@H](O)CNC(C)C)cc(C)c1OC(C)=O. The summed E-state index contributed by atoms with van der Waals surface area (Å²) in [7, 11) is 0. The van der Waals surface area contributed by atoms with Crippen LogP contribution in [0.15, 0.2) is 6.07 Å². The molecule has 1 rings (SSSR count). The molecule has 0 aromatic heterocycles. The van der Waals surface area contributed by atoms with Crippen LogP contribution < -0.4 is 14.8 Å². The summed E-state index contributed by atoms with van der Waals surface area (Å²) in [6.45, 7) is 12.4. The van der Waals surface area contributed by atoms with Gasteiger partial charge in [-0.25, -0.2) is 0 Å². The fourth-order valence-electron chi connectivity index (χ4n) is 3.36. The Labute approximate surface area is 177 Å². The lowest BCUT2D eigenvalue weighted by Crippen LogP contribution is -2.35. The van der Waals surface area contributed by atoms with Crippen LogP contribution in [0.4, 0.5) is 0 Å². The molecule has 0 aliphatic carbocycles. The van der Waals surface area contributed by atoms with Crippen molar-refractivity contribution < 1.29 is 19.4 Å². The van der Waals surface area contributed by atoms with Gasteiger partial charge in [0, 0.05) is 25.1 Å². The molecule has 0 aliphatic heterocycles. The Hall–Kier alpha value is -1.59. The average Bonchev–Trinajstić information content (AvgIpc) is 2.65. The Balaban J connectivity index is 2.87. The maximum atomic E-state index is 11.6. The predicted molar refractivity (Wildman–Crippen MR) is 119 cm³/mol. The van der Waals surface area contributed by atoms with Crippen LogP contribution >= 0.6 is 0 Å². The van der Waals surface area contributed by atoms with Crippen LogP contribution in [-0.2, 0) is 11.2 Å². The second-order valence-corrected chi connectivity index (χ2v) is 8.26. The first-order chi connectivity index (χ1) is 13.8. The van der Waals surface area contributed by atoms with Crippen LogP contribution in [0, 0.1) is 13.8 Å². The van der Waals surface area contributed by atoms with E-state index in [1.54, 1.807) is 0 Å². The molecule has 0 unspecified atom stereocenters. The van der Waals surface area contributed by atoms with Crippen molar-refractivity contribution in [2.24, 2.45) is 0 Å². The van der Waals surface area contributed by atoms with Crippen molar-refractivity contribution in [3.63, 3.8) is 0 Å². The number of aliphatic hydroxyl groups is 1. The summed E-state index contributed by atoms with van der Waals surface area (Å²) in [6.07, 6.45) is 7.55. The van der Waals surface area contributed by atoms with E-state index in [9.17, 15) is 9.90 Å². The Morgan fingerprint density at radius 2 is 1.79 bits per heavy atom. The Morgan fingerprint density at radius 1 is 1.14 bits per heavy atom. The van der Waals surface area contributed by atoms with Crippen LogP contribution in [-0.4, -0.2) is 36.4 Å². The average molecular weight is 408 g/mol. The van der Waals surface area contributed by atoms with Gasteiger partial charge < -0.3 is 19.9 Å². The van der Waals surface area contributed by atoms with E-state index in [-0.39, 0.29) is 12.6 Å². The molecule has 0 saturated heterocycles. The molecule has 29 heavy (non-hydrogen) atoms. The first-order valence-corrected chi connectivity index (χ1v) is 11.1. The normalized spacial score (nSPS) is 12.3. The highest BCUT2D eigenvalue weighted by Crippen LogP contribution is 2.35. The van der Waals surface area contributed by atoms with Crippen molar-refractivity contribution in [3.05, 3.63) is 22.8 Å². The fraction of sp³-hybridized carbons (Fsp3) is 0.708. The van der Waals surface area contributed by atoms with E-state index < -0.39 is 6.10 Å². The largest absolute Gasteiger partial charge is 0.491 e. The van der Waals surface area contributed by atoms with Crippen molar-refractivity contribution >= 4 is 5.97 Å². The minimum Gasteiger partial charge on any atom is -0.491 e. The van der Waals surface area contributed by atoms with Crippen LogP contribution in [0.1, 0.15) is 82.9 Å². The van der Waals surface area contributed by atoms with E-state index in [0.29, 0.717) is 18.3 Å². The van der Waals surface area contributed by atoms with Crippen LogP contribution in [0.25, 0.3) is 0 Å². The number of rotatable bonds is 14. The number of benzene rings is 1. The zero-order chi connectivity index (χ0) is 21.8. The van der Waals surface area contributed by atoms with Crippen molar-refractivity contribution in [1.29, 1.82) is 0 Å². The number of unbranched alkanes of at least 4 members (excludes halogenated alkanes) is 5. The van der Waals surface area contributed by atoms with E-state index in [1.165, 1.54) is 39.0 Å². The Morgan fingerprint density at radius 3 is 2.41 bits per heavy atom. The molecule has 0 fully saturated rings. The lowest BCUT2D eigenvalue weighted by atomic mass is 9.96. The van der Waals surface area contributed by atoms with Crippen molar-refractivity contribution in [1.82, 2.24) is 5.32 Å². The number of carbonyl (C=O) groups excluding carboxylic acids is 1. The molecule has 2 N–H and O–H groups in total. The molecule has 0 aliphatic rings. The summed E-state index contributed by atoms with van der Waals surface area (Å²) in [6, 6.07) is 2.22. The van der Waals surface area contributed by atoms with Crippen molar-refractivity contribution in [2.75, 3.05) is 13.2 Å². The summed E-state index contributed by atoms with van der Waals surface area (Å²) >= 11 is 0. The minimum absolute atomic E-state index is 0.226. The monoisotopic (exact) mass is 407 g/mol. The number of nitrogens with one attached hydrogen (secondary N) is 1. The first-order valence-electron chi connectivity index (χ1n) is 11.1. The smallest absolute Gasteiger partial charge is 0.308 e. The molecule has 0 amide bonds. The third-order valence-corrected chi connectivity index (χ3v) is 5.02. The number of aliphatic hydroxyl groups excluding tert-OH is 1. The van der Waals surface area contributed by atoms with Crippen LogP contribution in [0.5, 0.6) is 11.5 Å². The van der Waals surface area contributed by atoms with Gasteiger partial charge in [0.15, 0.2) is 0 Å². The van der Waals surface area contributed by atoms with Crippen molar-refractivity contribution in [2.45, 2.75) is 98.6 Å². The quantitative estimate of drug-likeness (QED) is 0.262. The summed E-state index contributed by atoms with van der Waals surface area (Å²) in [5, 5.41) is 13.4. The third-order valence-electron chi connectivity index (χ3n) is 5.02. The topological polar surface area (TPSA) is 67.8 Å². The maximum absolute atomic E-state index is 11.6. The van der Waals surface area contributed by atoms with Gasteiger partial charge in [0.05, 0.1) is 0 Å². The maximum Gasteiger partial charge on any atom is 0.308 e. The number of hydrogen-bond acceptors (Lipinski definition) is 5. The Kier molecular flexibility index (Phi) is 11.9. The fourth-order valence-corrected chi connectivity index (χ4v) is 3.36. The lowest BCUT2D eigenvalue weighted by Gasteiger charge is -2.20. The van der Waals surface area contributed by atoms with Gasteiger partial charge >= 0.3 is 5.97 Å². The Bertz CT molecular complexity index is 628. The van der Waals surface area contributed by atoms with E-state index >= 15 is 0 Å². The van der Waals surface area contributed by atoms with Gasteiger partial charge in [-0.3, -0.25) is 4.79 Å². The number of carbonyl (C=O) groups is 1. The standard InChI is InChI=1S/C24H41NO4/c1-7-8-9-10-11-12-13-22-19(5)23(14-18(4)24(22)29-20(6)26)28-16-21(27)15-25-17(2)3/h14,17,21,25,27H,7-13,15-16H2,1-6H3/t21-/m1/s1. The van der Waals surface area contributed by atoms with Gasteiger partial charge in [0.2, 0.25) is 0 Å². The number of aryl methyl sites for hydroxylation is 1. The highest BCUT2D eigenvalue weighted by atomic mass is 16.5. The predicted octanol–water partition coefficient (Wildman–Crippen LogP) is 4.87. The summed E-state index contributed by atoms with van der Waals surface area (Å²) in [5.41, 5.74) is 2.92. The zero-order valence-electron chi connectivity index (χ0n) is 19.3. The van der Waals surface area contributed by atoms with E-state index in [1.807, 2.05) is 33.8 Å². The van der Waals surface area contributed by atoms with Gasteiger partial charge in [-0.15, -0.1) is 0 Å². The van der Waals surface area contributed by atoms with Gasteiger partial charge in [0.1, 0.15) is 24.2 Å². The molecule has 1 aromatic rings. The second kappa shape index (κ2) is 13.6. The number of hydrogen-bond donors (Lipinski definition) is 2. The third kappa shape index (κ3) is 9.64. The molecule has 0 saturated carbocycles. The number of ether oxygens (including phenoxy) is 2. The van der Waals surface area contributed by atoms with E-state index in [2.05, 4.69) is 12.2 Å². The summed E-state index contributed by atoms with van der Waals surface area (Å²) in [5.74, 6) is 1.11. The van der Waals surface area contributed by atoms with Crippen LogP contribution in [0.3, 0.4) is 0 Å². The van der Waals surface area contributed by atoms with Gasteiger partial charge in [-0.2, -0.15) is 0 Å². The minimum atomic E-state index is -0.577. The second-order valence-electron chi connectivity index (χ2n) is 8.26. The molecule has 0 bridgehead atoms. The molecule has 166 valence electrons. The molecule has 5 heteroatoms. The van der Waals surface area contributed by atoms with Crippen LogP contribution in [0.2, 0.25) is 0 Å². The van der Waals surface area contributed by atoms with Gasteiger partial charge in [-0.1, -0.05) is 52.9 Å². The zero-order valence-corrected chi connectivity index (χ0v) is 19.3. The molecule has 5 nitrogen and oxygen atoms in total. The molecule has 0 heterocycles. The van der Waals surface area contributed by atoms with E-state index in [0.717, 1.165) is 35.3 Å². The molecule has 0 spiro atoms. The summed E-state index contributed by atoms with van der Waals surface area (Å²) < 4.78 is 11.5.